The Morgan fingerprint density at radius 2 is 2.00 bits per heavy atom. The van der Waals surface area contributed by atoms with E-state index < -0.39 is 5.60 Å². The lowest BCUT2D eigenvalue weighted by Gasteiger charge is -2.27. The van der Waals surface area contributed by atoms with Gasteiger partial charge in [0.2, 0.25) is 0 Å². The summed E-state index contributed by atoms with van der Waals surface area (Å²) in [7, 11) is 0. The quantitative estimate of drug-likeness (QED) is 0.608. The molecule has 1 amide bonds. The Morgan fingerprint density at radius 1 is 1.24 bits per heavy atom. The number of hydrogen-bond donors (Lipinski definition) is 1. The molecule has 29 heavy (non-hydrogen) atoms. The Morgan fingerprint density at radius 3 is 2.76 bits per heavy atom. The van der Waals surface area contributed by atoms with Crippen LogP contribution in [0, 0.1) is 12.3 Å². The van der Waals surface area contributed by atoms with Crippen molar-refractivity contribution in [3.8, 4) is 23.6 Å². The molecular weight excluding hydrogens is 362 g/mol. The summed E-state index contributed by atoms with van der Waals surface area (Å²) in [4.78, 5) is 22.3. The molecule has 5 heteroatoms. The van der Waals surface area contributed by atoms with Crippen LogP contribution in [-0.4, -0.2) is 33.1 Å². The topological polar surface area (TPSA) is 58.2 Å². The first kappa shape index (κ1) is 19.1. The minimum absolute atomic E-state index is 0.0859. The van der Waals surface area contributed by atoms with Gasteiger partial charge in [-0.3, -0.25) is 4.90 Å². The van der Waals surface area contributed by atoms with Gasteiger partial charge in [-0.2, -0.15) is 0 Å². The van der Waals surface area contributed by atoms with Crippen LogP contribution < -0.4 is 0 Å². The summed E-state index contributed by atoms with van der Waals surface area (Å²) in [5.74, 6) is 3.47. The molecule has 0 saturated carbocycles. The molecule has 148 valence electrons. The first-order chi connectivity index (χ1) is 13.8. The maximum atomic E-state index is 12.6. The number of rotatable bonds is 2. The normalized spacial score (nSPS) is 16.8. The van der Waals surface area contributed by atoms with Gasteiger partial charge in [-0.25, -0.2) is 9.78 Å². The number of terminal acetylenes is 1. The van der Waals surface area contributed by atoms with E-state index >= 15 is 0 Å². The molecule has 1 aromatic heterocycles. The maximum absolute atomic E-state index is 12.6. The van der Waals surface area contributed by atoms with Gasteiger partial charge in [-0.15, -0.1) is 6.42 Å². The lowest BCUT2D eigenvalue weighted by molar-refractivity contribution is 0.0219. The zero-order valence-electron chi connectivity index (χ0n) is 17.0. The summed E-state index contributed by atoms with van der Waals surface area (Å²) in [6.45, 7) is 6.33. The van der Waals surface area contributed by atoms with Crippen LogP contribution >= 0.6 is 0 Å². The Bertz CT molecular complexity index is 1100. The van der Waals surface area contributed by atoms with E-state index in [0.29, 0.717) is 6.54 Å². The molecule has 1 aliphatic heterocycles. The lowest BCUT2D eigenvalue weighted by atomic mass is 10.0. The highest BCUT2D eigenvalue weighted by Crippen LogP contribution is 2.33. The van der Waals surface area contributed by atoms with Crippen LogP contribution in [-0.2, 0) is 4.74 Å². The number of H-pyrrole nitrogens is 1. The van der Waals surface area contributed by atoms with E-state index in [0.717, 1.165) is 46.3 Å². The molecule has 0 radical (unpaired) electrons. The number of imidazole rings is 1. The highest BCUT2D eigenvalue weighted by Gasteiger charge is 2.34. The zero-order valence-corrected chi connectivity index (χ0v) is 17.0. The smallest absolute Gasteiger partial charge is 0.410 e. The van der Waals surface area contributed by atoms with Crippen LogP contribution in [0.3, 0.4) is 0 Å². The SMILES string of the molecule is C#Cc1ccc2cc(-c3cnc([C@@H]4CCCN4C(=O)OC(C)(C)C)[nH]3)ccc2c1. The zero-order chi connectivity index (χ0) is 20.6. The van der Waals surface area contributed by atoms with Crippen molar-refractivity contribution in [2.24, 2.45) is 0 Å². The minimum Gasteiger partial charge on any atom is -0.444 e. The van der Waals surface area contributed by atoms with Crippen molar-refractivity contribution in [3.05, 3.63) is 54.0 Å². The number of amides is 1. The number of benzene rings is 2. The standard InChI is InChI=1S/C24H25N3O2/c1-5-16-8-9-18-14-19(11-10-17(18)13-16)20-15-25-22(26-20)21-7-6-12-27(21)23(28)29-24(2,3)4/h1,8-11,13-15,21H,6-7,12H2,2-4H3,(H,25,26)/t21-/m0/s1. The molecule has 0 bridgehead atoms. The molecule has 2 aromatic carbocycles. The molecule has 3 aromatic rings. The number of carbonyl (C=O) groups excluding carboxylic acids is 1. The molecule has 1 saturated heterocycles. The van der Waals surface area contributed by atoms with Crippen molar-refractivity contribution >= 4 is 16.9 Å². The summed E-state index contributed by atoms with van der Waals surface area (Å²) in [5, 5.41) is 2.23. The molecule has 1 aliphatic rings. The molecule has 0 aliphatic carbocycles. The molecular formula is C24H25N3O2. The average molecular weight is 387 g/mol. The third kappa shape index (κ3) is 3.97. The van der Waals surface area contributed by atoms with Gasteiger partial charge in [0, 0.05) is 17.7 Å². The van der Waals surface area contributed by atoms with Crippen molar-refractivity contribution in [1.82, 2.24) is 14.9 Å². The number of aromatic nitrogens is 2. The first-order valence-corrected chi connectivity index (χ1v) is 9.89. The van der Waals surface area contributed by atoms with Gasteiger partial charge in [-0.1, -0.05) is 24.1 Å². The Kier molecular flexibility index (Phi) is 4.79. The van der Waals surface area contributed by atoms with Crippen LogP contribution in [0.5, 0.6) is 0 Å². The largest absolute Gasteiger partial charge is 0.444 e. The summed E-state index contributed by atoms with van der Waals surface area (Å²) in [6, 6.07) is 12.1. The number of ether oxygens (including phenoxy) is 1. The summed E-state index contributed by atoms with van der Waals surface area (Å²) >= 11 is 0. The second-order valence-corrected chi connectivity index (χ2v) is 8.43. The van der Waals surface area contributed by atoms with Crippen LogP contribution in [0.4, 0.5) is 4.79 Å². The number of aromatic amines is 1. The molecule has 4 rings (SSSR count). The van der Waals surface area contributed by atoms with E-state index in [2.05, 4.69) is 34.1 Å². The van der Waals surface area contributed by atoms with E-state index in [1.807, 2.05) is 45.2 Å². The van der Waals surface area contributed by atoms with E-state index in [-0.39, 0.29) is 12.1 Å². The van der Waals surface area contributed by atoms with Gasteiger partial charge in [-0.05, 0) is 62.6 Å². The van der Waals surface area contributed by atoms with Gasteiger partial charge in [0.25, 0.3) is 0 Å². The fourth-order valence-corrected chi connectivity index (χ4v) is 3.75. The number of carbonyl (C=O) groups is 1. The van der Waals surface area contributed by atoms with Gasteiger partial charge >= 0.3 is 6.09 Å². The van der Waals surface area contributed by atoms with E-state index in [1.54, 1.807) is 4.90 Å². The highest BCUT2D eigenvalue weighted by atomic mass is 16.6. The highest BCUT2D eigenvalue weighted by molar-refractivity contribution is 5.87. The fraction of sp³-hybridized carbons (Fsp3) is 0.333. The number of hydrogen-bond acceptors (Lipinski definition) is 3. The predicted molar refractivity (Wildman–Crippen MR) is 114 cm³/mol. The number of nitrogens with one attached hydrogen (secondary N) is 1. The van der Waals surface area contributed by atoms with E-state index in [4.69, 9.17) is 11.2 Å². The third-order valence-corrected chi connectivity index (χ3v) is 5.11. The molecule has 5 nitrogen and oxygen atoms in total. The van der Waals surface area contributed by atoms with Crippen LogP contribution in [0.25, 0.3) is 22.0 Å². The molecule has 0 spiro atoms. The van der Waals surface area contributed by atoms with Crippen LogP contribution in [0.2, 0.25) is 0 Å². The van der Waals surface area contributed by atoms with Crippen molar-refractivity contribution in [1.29, 1.82) is 0 Å². The summed E-state index contributed by atoms with van der Waals surface area (Å²) in [6.07, 6.45) is 8.85. The van der Waals surface area contributed by atoms with Crippen molar-refractivity contribution in [3.63, 3.8) is 0 Å². The van der Waals surface area contributed by atoms with Crippen LogP contribution in [0.15, 0.2) is 42.6 Å². The second-order valence-electron chi connectivity index (χ2n) is 8.43. The predicted octanol–water partition coefficient (Wildman–Crippen LogP) is 5.28. The average Bonchev–Trinajstić information content (AvgIpc) is 3.35. The van der Waals surface area contributed by atoms with Gasteiger partial charge in [0.1, 0.15) is 11.4 Å². The van der Waals surface area contributed by atoms with Gasteiger partial charge in [0.05, 0.1) is 17.9 Å². The second kappa shape index (κ2) is 7.29. The lowest BCUT2D eigenvalue weighted by Crippen LogP contribution is -2.36. The number of fused-ring (bicyclic) bond motifs is 1. The number of nitrogens with zero attached hydrogens (tertiary/aromatic N) is 2. The molecule has 1 N–H and O–H groups in total. The molecule has 2 heterocycles. The summed E-state index contributed by atoms with van der Waals surface area (Å²) in [5.41, 5.74) is 2.34. The summed E-state index contributed by atoms with van der Waals surface area (Å²) < 4.78 is 5.56. The molecule has 1 atom stereocenters. The Hall–Kier alpha value is -3.26. The Balaban J connectivity index is 1.58. The fourth-order valence-electron chi connectivity index (χ4n) is 3.75. The molecule has 0 unspecified atom stereocenters. The Labute approximate surface area is 171 Å². The molecule has 1 fully saturated rings. The van der Waals surface area contributed by atoms with Crippen LogP contribution in [0.1, 0.15) is 51.0 Å². The van der Waals surface area contributed by atoms with Crippen molar-refractivity contribution in [2.75, 3.05) is 6.54 Å². The van der Waals surface area contributed by atoms with Gasteiger partial charge < -0.3 is 9.72 Å². The van der Waals surface area contributed by atoms with E-state index in [9.17, 15) is 4.79 Å². The first-order valence-electron chi connectivity index (χ1n) is 9.89. The minimum atomic E-state index is -0.511. The van der Waals surface area contributed by atoms with Gasteiger partial charge in [0.15, 0.2) is 0 Å². The maximum Gasteiger partial charge on any atom is 0.410 e. The van der Waals surface area contributed by atoms with E-state index in [1.165, 1.54) is 0 Å². The van der Waals surface area contributed by atoms with Crippen molar-refractivity contribution in [2.45, 2.75) is 45.3 Å². The third-order valence-electron chi connectivity index (χ3n) is 5.11. The number of likely N-dealkylation sites (tertiary alicyclic amines) is 1. The van der Waals surface area contributed by atoms with Crippen molar-refractivity contribution < 1.29 is 9.53 Å². The monoisotopic (exact) mass is 387 g/mol.